The van der Waals surface area contributed by atoms with Gasteiger partial charge in [0.05, 0.1) is 0 Å². The van der Waals surface area contributed by atoms with E-state index in [0.29, 0.717) is 0 Å². The molecule has 0 spiro atoms. The predicted molar refractivity (Wildman–Crippen MR) is 161 cm³/mol. The molecule has 37 heavy (non-hydrogen) atoms. The van der Waals surface area contributed by atoms with E-state index in [1.54, 1.807) is 0 Å². The van der Waals surface area contributed by atoms with Crippen molar-refractivity contribution in [2.45, 2.75) is 19.0 Å². The molecular weight excluding hydrogens is 467 g/mol. The predicted octanol–water partition coefficient (Wildman–Crippen LogP) is 6.26. The van der Waals surface area contributed by atoms with E-state index < -0.39 is 7.92 Å². The maximum absolute atomic E-state index is 3.90. The Balaban J connectivity index is 1.39. The number of hydrogen-bond donors (Lipinski definition) is 2. The van der Waals surface area contributed by atoms with Gasteiger partial charge in [-0.15, -0.1) is 0 Å². The van der Waals surface area contributed by atoms with Crippen molar-refractivity contribution in [2.24, 2.45) is 0 Å². The smallest absolute Gasteiger partial charge is 0.0340 e. The van der Waals surface area contributed by atoms with Gasteiger partial charge in [-0.05, 0) is 53.5 Å². The Hall–Kier alpha value is -3.71. The van der Waals surface area contributed by atoms with Crippen LogP contribution in [0.3, 0.4) is 0 Å². The molecule has 0 amide bonds. The molecule has 5 aromatic carbocycles. The first-order valence-electron chi connectivity index (χ1n) is 12.9. The van der Waals surface area contributed by atoms with Crippen LogP contribution >= 0.6 is 7.92 Å². The third kappa shape index (κ3) is 6.95. The van der Waals surface area contributed by atoms with Gasteiger partial charge in [-0.25, -0.2) is 0 Å². The van der Waals surface area contributed by atoms with Crippen LogP contribution in [0.1, 0.15) is 11.1 Å². The summed E-state index contributed by atoms with van der Waals surface area (Å²) in [6, 6.07) is 52.3. The highest BCUT2D eigenvalue weighted by atomic mass is 31.1. The van der Waals surface area contributed by atoms with Gasteiger partial charge >= 0.3 is 0 Å². The molecule has 0 aliphatic carbocycles. The minimum Gasteiger partial charge on any atom is -0.383 e. The Labute approximate surface area is 222 Å². The van der Waals surface area contributed by atoms with E-state index in [9.17, 15) is 0 Å². The van der Waals surface area contributed by atoms with Crippen LogP contribution in [0.5, 0.6) is 0 Å². The monoisotopic (exact) mass is 500 g/mol. The first-order valence-corrected chi connectivity index (χ1v) is 14.3. The molecule has 0 saturated heterocycles. The summed E-state index contributed by atoms with van der Waals surface area (Å²) in [5.74, 6) is 0. The first kappa shape index (κ1) is 25.0. The van der Waals surface area contributed by atoms with Gasteiger partial charge in [0.15, 0.2) is 0 Å². The van der Waals surface area contributed by atoms with Crippen molar-refractivity contribution in [1.29, 1.82) is 0 Å². The fourth-order valence-corrected chi connectivity index (χ4v) is 7.10. The van der Waals surface area contributed by atoms with Crippen LogP contribution < -0.4 is 26.5 Å². The molecule has 0 radical (unpaired) electrons. The average Bonchev–Trinajstić information content (AvgIpc) is 2.97. The van der Waals surface area contributed by atoms with Gasteiger partial charge in [-0.2, -0.15) is 0 Å². The molecule has 0 fully saturated rings. The van der Waals surface area contributed by atoms with Gasteiger partial charge in [-0.1, -0.05) is 133 Å². The summed E-state index contributed by atoms with van der Waals surface area (Å²) in [5.41, 5.74) is 3.86. The number of para-hydroxylation sites is 1. The van der Waals surface area contributed by atoms with E-state index in [1.165, 1.54) is 27.0 Å². The summed E-state index contributed by atoms with van der Waals surface area (Å²) in [6.45, 7) is 1.68. The third-order valence-corrected chi connectivity index (χ3v) is 9.04. The van der Waals surface area contributed by atoms with Gasteiger partial charge in [0.1, 0.15) is 0 Å². The molecule has 0 bridgehead atoms. The van der Waals surface area contributed by atoms with Crippen LogP contribution in [0.15, 0.2) is 146 Å². The minimum atomic E-state index is -0.645. The van der Waals surface area contributed by atoms with E-state index >= 15 is 0 Å². The van der Waals surface area contributed by atoms with Crippen LogP contribution in [0.25, 0.3) is 0 Å². The molecule has 5 rings (SSSR count). The van der Waals surface area contributed by atoms with E-state index in [4.69, 9.17) is 0 Å². The molecule has 0 heterocycles. The topological polar surface area (TPSA) is 24.1 Å². The number of rotatable bonds is 11. The van der Waals surface area contributed by atoms with Crippen LogP contribution in [0.4, 0.5) is 5.69 Å². The van der Waals surface area contributed by atoms with Crippen molar-refractivity contribution in [1.82, 2.24) is 5.32 Å². The molecule has 5 aromatic rings. The molecule has 0 aliphatic heterocycles. The largest absolute Gasteiger partial charge is 0.383 e. The Morgan fingerprint density at radius 3 is 1.68 bits per heavy atom. The zero-order valence-electron chi connectivity index (χ0n) is 21.0. The fraction of sp³-hybridized carbons (Fsp3) is 0.118. The second-order valence-corrected chi connectivity index (χ2v) is 11.3. The van der Waals surface area contributed by atoms with Gasteiger partial charge in [0, 0.05) is 24.8 Å². The summed E-state index contributed by atoms with van der Waals surface area (Å²) in [4.78, 5) is 0. The Morgan fingerprint density at radius 1 is 0.541 bits per heavy atom. The normalized spacial score (nSPS) is 11.8. The second kappa shape index (κ2) is 13.0. The number of nitrogens with one attached hydrogen (secondary N) is 2. The molecule has 0 aliphatic rings. The van der Waals surface area contributed by atoms with Crippen LogP contribution in [-0.4, -0.2) is 12.6 Å². The van der Waals surface area contributed by atoms with Gasteiger partial charge in [0.2, 0.25) is 0 Å². The van der Waals surface area contributed by atoms with Crippen LogP contribution in [0, 0.1) is 0 Å². The molecule has 0 saturated carbocycles. The zero-order valence-corrected chi connectivity index (χ0v) is 21.9. The molecule has 1 atom stereocenters. The van der Waals surface area contributed by atoms with E-state index in [0.717, 1.165) is 25.2 Å². The molecule has 2 nitrogen and oxygen atoms in total. The van der Waals surface area contributed by atoms with E-state index in [1.807, 2.05) is 0 Å². The van der Waals surface area contributed by atoms with Crippen molar-refractivity contribution >= 4 is 29.5 Å². The highest BCUT2D eigenvalue weighted by Gasteiger charge is 2.19. The molecule has 0 unspecified atom stereocenters. The van der Waals surface area contributed by atoms with Crippen molar-refractivity contribution in [2.75, 3.05) is 11.9 Å². The minimum absolute atomic E-state index is 0.287. The number of benzene rings is 5. The third-order valence-electron chi connectivity index (χ3n) is 6.49. The molecule has 2 N–H and O–H groups in total. The molecule has 3 heteroatoms. The van der Waals surface area contributed by atoms with Crippen molar-refractivity contribution in [3.8, 4) is 0 Å². The summed E-state index contributed by atoms with van der Waals surface area (Å²) in [6.07, 6.45) is 0.967. The zero-order chi connectivity index (χ0) is 25.1. The molecule has 0 aromatic heterocycles. The van der Waals surface area contributed by atoms with Crippen molar-refractivity contribution < 1.29 is 0 Å². The Bertz CT molecular complexity index is 1300. The van der Waals surface area contributed by atoms with Crippen LogP contribution in [-0.2, 0) is 13.0 Å². The number of anilines is 1. The highest BCUT2D eigenvalue weighted by Crippen LogP contribution is 2.34. The fourth-order valence-electron chi connectivity index (χ4n) is 4.63. The van der Waals surface area contributed by atoms with E-state index in [-0.39, 0.29) is 6.04 Å². The SMILES string of the molecule is c1ccc(C[C@@H](CNc2ccccc2)NCc2ccccc2P(c2ccccc2)c2ccccc2)cc1. The number of hydrogen-bond acceptors (Lipinski definition) is 2. The summed E-state index contributed by atoms with van der Waals surface area (Å²) >= 11 is 0. The lowest BCUT2D eigenvalue weighted by Crippen LogP contribution is -2.38. The standard InChI is InChI=1S/C34H33N2P/c1-5-15-28(16-6-1)25-31(27-36-30-18-7-2-8-19-30)35-26-29-17-13-14-24-34(29)37(32-20-9-3-10-21-32)33-22-11-4-12-23-33/h1-24,31,35-36H,25-27H2/t31-/m0/s1. The second-order valence-electron chi connectivity index (χ2n) is 9.15. The lowest BCUT2D eigenvalue weighted by Gasteiger charge is -2.25. The van der Waals surface area contributed by atoms with Crippen molar-refractivity contribution in [3.05, 3.63) is 157 Å². The Kier molecular flexibility index (Phi) is 8.78. The Morgan fingerprint density at radius 2 is 1.05 bits per heavy atom. The van der Waals surface area contributed by atoms with Crippen LogP contribution in [0.2, 0.25) is 0 Å². The highest BCUT2D eigenvalue weighted by molar-refractivity contribution is 7.79. The maximum atomic E-state index is 3.90. The van der Waals surface area contributed by atoms with Gasteiger partial charge in [0.25, 0.3) is 0 Å². The quantitative estimate of drug-likeness (QED) is 0.209. The molecular formula is C34H33N2P. The summed E-state index contributed by atoms with van der Waals surface area (Å²) < 4.78 is 0. The summed E-state index contributed by atoms with van der Waals surface area (Å²) in [5, 5.41) is 11.7. The first-order chi connectivity index (χ1) is 18.4. The lowest BCUT2D eigenvalue weighted by atomic mass is 10.1. The van der Waals surface area contributed by atoms with E-state index in [2.05, 4.69) is 156 Å². The van der Waals surface area contributed by atoms with Gasteiger partial charge < -0.3 is 10.6 Å². The summed E-state index contributed by atoms with van der Waals surface area (Å²) in [7, 11) is -0.645. The average molecular weight is 501 g/mol. The maximum Gasteiger partial charge on any atom is 0.0340 e. The lowest BCUT2D eigenvalue weighted by molar-refractivity contribution is 0.527. The van der Waals surface area contributed by atoms with Gasteiger partial charge in [-0.3, -0.25) is 0 Å². The van der Waals surface area contributed by atoms with Crippen molar-refractivity contribution in [3.63, 3.8) is 0 Å². The molecule has 184 valence electrons.